The van der Waals surface area contributed by atoms with E-state index >= 15 is 0 Å². The lowest BCUT2D eigenvalue weighted by molar-refractivity contribution is -0.136. The summed E-state index contributed by atoms with van der Waals surface area (Å²) in [7, 11) is 1.51. The SMILES string of the molecule is COc1cc(C(=O)CCC(=O)O)ccc1OCc1c(C)cccc1C. The summed E-state index contributed by atoms with van der Waals surface area (Å²) in [4.78, 5) is 22.6. The summed E-state index contributed by atoms with van der Waals surface area (Å²) in [6.45, 7) is 4.47. The molecule has 0 bridgehead atoms. The van der Waals surface area contributed by atoms with Crippen molar-refractivity contribution in [1.82, 2.24) is 0 Å². The van der Waals surface area contributed by atoms with E-state index in [0.717, 1.165) is 16.7 Å². The van der Waals surface area contributed by atoms with Crippen molar-refractivity contribution in [3.05, 3.63) is 58.7 Å². The van der Waals surface area contributed by atoms with Crippen LogP contribution in [0.15, 0.2) is 36.4 Å². The Morgan fingerprint density at radius 3 is 2.28 bits per heavy atom. The van der Waals surface area contributed by atoms with Gasteiger partial charge in [-0.2, -0.15) is 0 Å². The first-order valence-corrected chi connectivity index (χ1v) is 8.03. The van der Waals surface area contributed by atoms with Gasteiger partial charge in [-0.3, -0.25) is 9.59 Å². The van der Waals surface area contributed by atoms with Crippen LogP contribution in [-0.2, 0) is 11.4 Å². The Labute approximate surface area is 147 Å². The van der Waals surface area contributed by atoms with E-state index in [0.29, 0.717) is 23.7 Å². The number of rotatable bonds is 8. The third kappa shape index (κ3) is 4.83. The molecule has 25 heavy (non-hydrogen) atoms. The van der Waals surface area contributed by atoms with E-state index in [1.54, 1.807) is 18.2 Å². The smallest absolute Gasteiger partial charge is 0.303 e. The summed E-state index contributed by atoms with van der Waals surface area (Å²) in [6.07, 6.45) is -0.229. The molecule has 5 heteroatoms. The van der Waals surface area contributed by atoms with Crippen molar-refractivity contribution in [2.24, 2.45) is 0 Å². The zero-order chi connectivity index (χ0) is 18.4. The van der Waals surface area contributed by atoms with Crippen molar-refractivity contribution in [2.45, 2.75) is 33.3 Å². The van der Waals surface area contributed by atoms with Crippen molar-refractivity contribution in [1.29, 1.82) is 0 Å². The quantitative estimate of drug-likeness (QED) is 0.736. The number of ether oxygens (including phenoxy) is 2. The van der Waals surface area contributed by atoms with Crippen LogP contribution in [0.25, 0.3) is 0 Å². The molecule has 0 atom stereocenters. The fraction of sp³-hybridized carbons (Fsp3) is 0.300. The number of carboxylic acid groups (broad SMARTS) is 1. The molecular formula is C20H22O5. The topological polar surface area (TPSA) is 72.8 Å². The Balaban J connectivity index is 2.14. The minimum absolute atomic E-state index is 0.0406. The minimum atomic E-state index is -0.992. The molecule has 0 radical (unpaired) electrons. The first kappa shape index (κ1) is 18.5. The molecule has 2 aromatic rings. The molecule has 5 nitrogen and oxygen atoms in total. The lowest BCUT2D eigenvalue weighted by Crippen LogP contribution is -2.05. The first-order chi connectivity index (χ1) is 11.9. The van der Waals surface area contributed by atoms with Gasteiger partial charge in [-0.1, -0.05) is 18.2 Å². The third-order valence-electron chi connectivity index (χ3n) is 4.07. The largest absolute Gasteiger partial charge is 0.493 e. The highest BCUT2D eigenvalue weighted by Crippen LogP contribution is 2.30. The maximum Gasteiger partial charge on any atom is 0.303 e. The van der Waals surface area contributed by atoms with Crippen molar-refractivity contribution in [2.75, 3.05) is 7.11 Å². The van der Waals surface area contributed by atoms with Crippen molar-refractivity contribution in [3.63, 3.8) is 0 Å². The number of carboxylic acids is 1. The molecule has 1 N–H and O–H groups in total. The van der Waals surface area contributed by atoms with Crippen LogP contribution < -0.4 is 9.47 Å². The third-order valence-corrected chi connectivity index (χ3v) is 4.07. The van der Waals surface area contributed by atoms with Gasteiger partial charge in [0, 0.05) is 12.0 Å². The van der Waals surface area contributed by atoms with Gasteiger partial charge in [0.15, 0.2) is 17.3 Å². The molecule has 0 fully saturated rings. The number of hydrogen-bond acceptors (Lipinski definition) is 4. The molecule has 0 saturated carbocycles. The van der Waals surface area contributed by atoms with Gasteiger partial charge in [0.05, 0.1) is 13.5 Å². The normalized spacial score (nSPS) is 10.4. The Bertz CT molecular complexity index is 759. The van der Waals surface area contributed by atoms with E-state index in [9.17, 15) is 9.59 Å². The number of aliphatic carboxylic acids is 1. The number of methoxy groups -OCH3 is 1. The Hall–Kier alpha value is -2.82. The zero-order valence-electron chi connectivity index (χ0n) is 14.7. The number of benzene rings is 2. The van der Waals surface area contributed by atoms with E-state index in [1.807, 2.05) is 32.0 Å². The highest BCUT2D eigenvalue weighted by Gasteiger charge is 2.13. The molecule has 0 unspecified atom stereocenters. The average molecular weight is 342 g/mol. The Morgan fingerprint density at radius 1 is 1.00 bits per heavy atom. The van der Waals surface area contributed by atoms with Gasteiger partial charge >= 0.3 is 5.97 Å². The maximum absolute atomic E-state index is 12.0. The second-order valence-electron chi connectivity index (χ2n) is 5.84. The van der Waals surface area contributed by atoms with Gasteiger partial charge in [0.1, 0.15) is 6.61 Å². The second-order valence-corrected chi connectivity index (χ2v) is 5.84. The number of hydrogen-bond donors (Lipinski definition) is 1. The summed E-state index contributed by atoms with van der Waals surface area (Å²) in [5.41, 5.74) is 3.84. The molecule has 132 valence electrons. The minimum Gasteiger partial charge on any atom is -0.493 e. The van der Waals surface area contributed by atoms with Crippen LogP contribution in [0.1, 0.15) is 39.9 Å². The van der Waals surface area contributed by atoms with Crippen LogP contribution in [0.4, 0.5) is 0 Å². The van der Waals surface area contributed by atoms with Crippen LogP contribution in [0.3, 0.4) is 0 Å². The van der Waals surface area contributed by atoms with E-state index in [4.69, 9.17) is 14.6 Å². The Kier molecular flexibility index (Phi) is 6.17. The predicted molar refractivity (Wildman–Crippen MR) is 94.4 cm³/mol. The fourth-order valence-electron chi connectivity index (χ4n) is 2.55. The van der Waals surface area contributed by atoms with Crippen LogP contribution >= 0.6 is 0 Å². The number of ketones is 1. The number of aryl methyl sites for hydroxylation is 2. The van der Waals surface area contributed by atoms with Crippen molar-refractivity contribution >= 4 is 11.8 Å². The van der Waals surface area contributed by atoms with E-state index in [-0.39, 0.29) is 18.6 Å². The van der Waals surface area contributed by atoms with Crippen molar-refractivity contribution in [3.8, 4) is 11.5 Å². The molecule has 0 aliphatic carbocycles. The Morgan fingerprint density at radius 2 is 1.68 bits per heavy atom. The molecule has 2 aromatic carbocycles. The van der Waals surface area contributed by atoms with E-state index in [1.165, 1.54) is 7.11 Å². The van der Waals surface area contributed by atoms with Crippen LogP contribution in [0.5, 0.6) is 11.5 Å². The average Bonchev–Trinajstić information content (AvgIpc) is 2.59. The van der Waals surface area contributed by atoms with E-state index < -0.39 is 5.97 Å². The number of carbonyl (C=O) groups is 2. The zero-order valence-corrected chi connectivity index (χ0v) is 14.7. The monoisotopic (exact) mass is 342 g/mol. The highest BCUT2D eigenvalue weighted by atomic mass is 16.5. The van der Waals surface area contributed by atoms with Gasteiger partial charge in [-0.25, -0.2) is 0 Å². The van der Waals surface area contributed by atoms with E-state index in [2.05, 4.69) is 0 Å². The van der Waals surface area contributed by atoms with Gasteiger partial charge in [-0.05, 0) is 48.7 Å². The molecule has 0 aromatic heterocycles. The summed E-state index contributed by atoms with van der Waals surface area (Å²) < 4.78 is 11.2. The standard InChI is InChI=1S/C20H22O5/c1-13-5-4-6-14(2)16(13)12-25-18-9-7-15(11-19(18)24-3)17(21)8-10-20(22)23/h4-7,9,11H,8,10,12H2,1-3H3,(H,22,23). The lowest BCUT2D eigenvalue weighted by Gasteiger charge is -2.14. The highest BCUT2D eigenvalue weighted by molar-refractivity contribution is 5.98. The van der Waals surface area contributed by atoms with Gasteiger partial charge in [-0.15, -0.1) is 0 Å². The first-order valence-electron chi connectivity index (χ1n) is 8.03. The summed E-state index contributed by atoms with van der Waals surface area (Å²) in [5, 5.41) is 8.68. The summed E-state index contributed by atoms with van der Waals surface area (Å²) in [5.74, 6) is -0.233. The molecule has 0 aliphatic heterocycles. The maximum atomic E-state index is 12.0. The van der Waals surface area contributed by atoms with Crippen LogP contribution in [0.2, 0.25) is 0 Å². The van der Waals surface area contributed by atoms with Gasteiger partial charge in [0.25, 0.3) is 0 Å². The molecule has 0 saturated heterocycles. The second kappa shape index (κ2) is 8.33. The number of carbonyl (C=O) groups excluding carboxylic acids is 1. The fourth-order valence-corrected chi connectivity index (χ4v) is 2.55. The van der Waals surface area contributed by atoms with Crippen LogP contribution in [0, 0.1) is 13.8 Å². The molecule has 0 amide bonds. The lowest BCUT2D eigenvalue weighted by atomic mass is 10.0. The van der Waals surface area contributed by atoms with Gasteiger partial charge in [0.2, 0.25) is 0 Å². The number of Topliss-reactive ketones (excluding diaryl/α,β-unsaturated/α-hetero) is 1. The van der Waals surface area contributed by atoms with Crippen LogP contribution in [-0.4, -0.2) is 24.0 Å². The summed E-state index contributed by atoms with van der Waals surface area (Å²) >= 11 is 0. The van der Waals surface area contributed by atoms with Gasteiger partial charge < -0.3 is 14.6 Å². The predicted octanol–water partition coefficient (Wildman–Crippen LogP) is 3.94. The molecule has 0 heterocycles. The molecule has 0 aliphatic rings. The van der Waals surface area contributed by atoms with Crippen molar-refractivity contribution < 1.29 is 24.2 Å². The summed E-state index contributed by atoms with van der Waals surface area (Å²) in [6, 6.07) is 11.0. The molecular weight excluding hydrogens is 320 g/mol. The molecule has 0 spiro atoms. The molecule has 2 rings (SSSR count).